The molecule has 0 aromatic carbocycles. The number of hydrogen-bond acceptors (Lipinski definition) is 5. The first-order valence-electron chi connectivity index (χ1n) is 8.98. The van der Waals surface area contributed by atoms with Gasteiger partial charge in [0.15, 0.2) is 0 Å². The maximum atomic E-state index is 12.7. The molecule has 1 amide bonds. The molecule has 1 atom stereocenters. The van der Waals surface area contributed by atoms with Crippen LogP contribution in [0.3, 0.4) is 0 Å². The van der Waals surface area contributed by atoms with Crippen LogP contribution in [0.4, 0.5) is 5.82 Å². The van der Waals surface area contributed by atoms with Crippen molar-refractivity contribution in [2.45, 2.75) is 38.7 Å². The molecule has 25 heavy (non-hydrogen) atoms. The Kier molecular flexibility index (Phi) is 6.79. The van der Waals surface area contributed by atoms with Gasteiger partial charge in [0.05, 0.1) is 17.8 Å². The van der Waals surface area contributed by atoms with Crippen molar-refractivity contribution in [1.82, 2.24) is 9.88 Å². The lowest BCUT2D eigenvalue weighted by atomic mass is 9.98. The van der Waals surface area contributed by atoms with E-state index in [0.29, 0.717) is 31.1 Å². The minimum atomic E-state index is -0.697. The lowest BCUT2D eigenvalue weighted by molar-refractivity contribution is 0.0570. The summed E-state index contributed by atoms with van der Waals surface area (Å²) in [6, 6.07) is 3.71. The smallest absolute Gasteiger partial charge is 0.255 e. The van der Waals surface area contributed by atoms with Crippen molar-refractivity contribution in [3.63, 3.8) is 0 Å². The van der Waals surface area contributed by atoms with E-state index in [1.807, 2.05) is 29.0 Å². The second-order valence-corrected chi connectivity index (χ2v) is 7.60. The molecule has 0 aliphatic carbocycles. The van der Waals surface area contributed by atoms with Crippen LogP contribution < -0.4 is 4.90 Å². The second-order valence-electron chi connectivity index (χ2n) is 7.60. The van der Waals surface area contributed by atoms with Crippen molar-refractivity contribution in [3.8, 4) is 0 Å². The Morgan fingerprint density at radius 3 is 2.84 bits per heavy atom. The van der Waals surface area contributed by atoms with Gasteiger partial charge in [0.25, 0.3) is 5.91 Å². The van der Waals surface area contributed by atoms with Crippen molar-refractivity contribution in [3.05, 3.63) is 23.9 Å². The Hall–Kier alpha value is -1.66. The summed E-state index contributed by atoms with van der Waals surface area (Å²) >= 11 is 0. The van der Waals surface area contributed by atoms with Gasteiger partial charge < -0.3 is 19.6 Å². The summed E-state index contributed by atoms with van der Waals surface area (Å²) in [6.07, 6.45) is 4.44. The number of aliphatic hydroxyl groups is 1. The molecular formula is C19H31N3O3. The van der Waals surface area contributed by atoms with Gasteiger partial charge in [-0.25, -0.2) is 4.98 Å². The van der Waals surface area contributed by atoms with Crippen LogP contribution in [0.25, 0.3) is 0 Å². The Morgan fingerprint density at radius 2 is 2.24 bits per heavy atom. The zero-order valence-electron chi connectivity index (χ0n) is 15.9. The fourth-order valence-electron chi connectivity index (χ4n) is 3.10. The summed E-state index contributed by atoms with van der Waals surface area (Å²) < 4.78 is 5.23. The minimum absolute atomic E-state index is 0.0407. The molecule has 2 rings (SSSR count). The molecular weight excluding hydrogens is 318 g/mol. The highest BCUT2D eigenvalue weighted by Gasteiger charge is 2.24. The zero-order valence-corrected chi connectivity index (χ0v) is 15.9. The maximum Gasteiger partial charge on any atom is 0.255 e. The second kappa shape index (κ2) is 8.63. The number of carbonyl (C=O) groups excluding carboxylic acids is 1. The van der Waals surface area contributed by atoms with Crippen LogP contribution in [0.5, 0.6) is 0 Å². The van der Waals surface area contributed by atoms with Crippen molar-refractivity contribution in [1.29, 1.82) is 0 Å². The summed E-state index contributed by atoms with van der Waals surface area (Å²) in [6.45, 7) is 6.55. The maximum absolute atomic E-state index is 12.7. The van der Waals surface area contributed by atoms with Crippen LogP contribution in [0, 0.1) is 5.92 Å². The quantitative estimate of drug-likeness (QED) is 0.817. The van der Waals surface area contributed by atoms with Gasteiger partial charge in [-0.05, 0) is 51.2 Å². The molecule has 0 radical (unpaired) electrons. The number of aromatic nitrogens is 1. The van der Waals surface area contributed by atoms with E-state index >= 15 is 0 Å². The lowest BCUT2D eigenvalue weighted by Gasteiger charge is -2.32. The van der Waals surface area contributed by atoms with Crippen LogP contribution >= 0.6 is 0 Å². The number of carbonyl (C=O) groups is 1. The van der Waals surface area contributed by atoms with Crippen molar-refractivity contribution in [2.24, 2.45) is 5.92 Å². The Morgan fingerprint density at radius 1 is 1.48 bits per heavy atom. The van der Waals surface area contributed by atoms with Crippen LogP contribution in [0.1, 0.15) is 43.5 Å². The number of anilines is 1. The molecule has 1 aromatic heterocycles. The van der Waals surface area contributed by atoms with E-state index < -0.39 is 5.60 Å². The van der Waals surface area contributed by atoms with E-state index in [-0.39, 0.29) is 5.91 Å². The molecule has 0 spiro atoms. The van der Waals surface area contributed by atoms with Crippen LogP contribution in [-0.2, 0) is 4.74 Å². The first kappa shape index (κ1) is 19.7. The summed E-state index contributed by atoms with van der Waals surface area (Å²) in [5.74, 6) is 1.26. The molecule has 1 fully saturated rings. The number of ether oxygens (including phenoxy) is 1. The Labute approximate surface area is 150 Å². The fourth-order valence-corrected chi connectivity index (χ4v) is 3.10. The highest BCUT2D eigenvalue weighted by molar-refractivity contribution is 5.94. The first-order chi connectivity index (χ1) is 11.8. The number of piperidine rings is 1. The van der Waals surface area contributed by atoms with Crippen LogP contribution in [0.2, 0.25) is 0 Å². The van der Waals surface area contributed by atoms with E-state index in [2.05, 4.69) is 4.98 Å². The van der Waals surface area contributed by atoms with Gasteiger partial charge >= 0.3 is 0 Å². The number of amides is 1. The Balaban J connectivity index is 1.95. The lowest BCUT2D eigenvalue weighted by Crippen LogP contribution is -2.41. The molecule has 0 unspecified atom stereocenters. The number of methoxy groups -OCH3 is 1. The Bertz CT molecular complexity index is 552. The minimum Gasteiger partial charge on any atom is -0.390 e. The monoisotopic (exact) mass is 349 g/mol. The van der Waals surface area contributed by atoms with Gasteiger partial charge in [-0.1, -0.05) is 0 Å². The van der Waals surface area contributed by atoms with E-state index in [4.69, 9.17) is 4.74 Å². The third-order valence-corrected chi connectivity index (χ3v) is 4.65. The van der Waals surface area contributed by atoms with E-state index in [1.165, 1.54) is 0 Å². The third kappa shape index (κ3) is 5.97. The predicted molar refractivity (Wildman–Crippen MR) is 98.9 cm³/mol. The standard InChI is InChI=1S/C19H31N3O3/c1-19(2,24)9-11-21(3)17-8-7-16(12-20-17)18(23)22-10-5-6-15(13-22)14-25-4/h7-8,12,15,24H,5-6,9-11,13-14H2,1-4H3/t15-/m0/s1. The average Bonchev–Trinajstić information content (AvgIpc) is 2.59. The van der Waals surface area contributed by atoms with Crippen molar-refractivity contribution >= 4 is 11.7 Å². The first-order valence-corrected chi connectivity index (χ1v) is 8.98. The van der Waals surface area contributed by atoms with Gasteiger partial charge in [0.1, 0.15) is 5.82 Å². The average molecular weight is 349 g/mol. The molecule has 0 bridgehead atoms. The van der Waals surface area contributed by atoms with Crippen molar-refractivity contribution in [2.75, 3.05) is 45.3 Å². The van der Waals surface area contributed by atoms with Gasteiger partial charge in [-0.2, -0.15) is 0 Å². The number of pyridine rings is 1. The SMILES string of the molecule is COC[C@H]1CCCN(C(=O)c2ccc(N(C)CCC(C)(C)O)nc2)C1. The summed E-state index contributed by atoms with van der Waals surface area (Å²) in [5.41, 5.74) is -0.0744. The van der Waals surface area contributed by atoms with Gasteiger partial charge in [0.2, 0.25) is 0 Å². The van der Waals surface area contributed by atoms with Crippen LogP contribution in [-0.4, -0.2) is 66.9 Å². The zero-order chi connectivity index (χ0) is 18.4. The number of rotatable bonds is 7. The normalized spacial score (nSPS) is 18.3. The number of likely N-dealkylation sites (tertiary alicyclic amines) is 1. The molecule has 1 N–H and O–H groups in total. The van der Waals surface area contributed by atoms with E-state index in [1.54, 1.807) is 27.2 Å². The third-order valence-electron chi connectivity index (χ3n) is 4.65. The molecule has 6 nitrogen and oxygen atoms in total. The molecule has 1 aromatic rings. The highest BCUT2D eigenvalue weighted by Crippen LogP contribution is 2.20. The molecule has 140 valence electrons. The number of hydrogen-bond donors (Lipinski definition) is 1. The highest BCUT2D eigenvalue weighted by atomic mass is 16.5. The molecule has 1 aliphatic rings. The molecule has 1 saturated heterocycles. The van der Waals surface area contributed by atoms with Crippen LogP contribution in [0.15, 0.2) is 18.3 Å². The van der Waals surface area contributed by atoms with E-state index in [0.717, 1.165) is 31.7 Å². The molecule has 0 saturated carbocycles. The fraction of sp³-hybridized carbons (Fsp3) is 0.684. The van der Waals surface area contributed by atoms with Crippen molar-refractivity contribution < 1.29 is 14.6 Å². The molecule has 2 heterocycles. The van der Waals surface area contributed by atoms with E-state index in [9.17, 15) is 9.90 Å². The largest absolute Gasteiger partial charge is 0.390 e. The molecule has 1 aliphatic heterocycles. The summed E-state index contributed by atoms with van der Waals surface area (Å²) in [5, 5.41) is 9.83. The topological polar surface area (TPSA) is 65.9 Å². The molecule has 6 heteroatoms. The number of nitrogens with zero attached hydrogens (tertiary/aromatic N) is 3. The predicted octanol–water partition coefficient (Wildman–Crippen LogP) is 2.18. The van der Waals surface area contributed by atoms with Gasteiger partial charge in [0, 0.05) is 40.0 Å². The summed E-state index contributed by atoms with van der Waals surface area (Å²) in [4.78, 5) is 21.0. The van der Waals surface area contributed by atoms with Gasteiger partial charge in [-0.15, -0.1) is 0 Å². The van der Waals surface area contributed by atoms with Gasteiger partial charge in [-0.3, -0.25) is 4.79 Å². The summed E-state index contributed by atoms with van der Waals surface area (Å²) in [7, 11) is 3.65.